The minimum absolute atomic E-state index is 1.07. The zero-order valence-electron chi connectivity index (χ0n) is 12.9. The van der Waals surface area contributed by atoms with Crippen molar-refractivity contribution in [3.8, 4) is 0 Å². The van der Waals surface area contributed by atoms with Crippen LogP contribution in [0.3, 0.4) is 0 Å². The van der Waals surface area contributed by atoms with E-state index in [4.69, 9.17) is 0 Å². The molecule has 0 fully saturated rings. The zero-order chi connectivity index (χ0) is 13.7. The molecule has 0 aromatic heterocycles. The molecule has 1 heteroatoms. The average Bonchev–Trinajstić information content (AvgIpc) is 2.41. The number of anilines is 1. The number of hydrogen-bond donors (Lipinski definition) is 0. The van der Waals surface area contributed by atoms with Gasteiger partial charge in [0.2, 0.25) is 0 Å². The molecule has 0 spiro atoms. The van der Waals surface area contributed by atoms with E-state index in [0.29, 0.717) is 0 Å². The van der Waals surface area contributed by atoms with Gasteiger partial charge in [-0.2, -0.15) is 0 Å². The van der Waals surface area contributed by atoms with Gasteiger partial charge < -0.3 is 4.90 Å². The molecule has 1 aromatic carbocycles. The minimum atomic E-state index is 1.07. The van der Waals surface area contributed by atoms with Crippen LogP contribution in [0.15, 0.2) is 24.3 Å². The summed E-state index contributed by atoms with van der Waals surface area (Å²) in [5.74, 6) is 0. The third kappa shape index (κ3) is 7.84. The van der Waals surface area contributed by atoms with Crippen LogP contribution in [0.2, 0.25) is 0 Å². The summed E-state index contributed by atoms with van der Waals surface area (Å²) in [6, 6.07) is 8.58. The first kappa shape index (κ1) is 18.4. The number of hydrogen-bond acceptors (Lipinski definition) is 1. The fourth-order valence-corrected chi connectivity index (χ4v) is 1.35. The molecule has 0 saturated carbocycles. The quantitative estimate of drug-likeness (QED) is 0.703. The number of aryl methyl sites for hydroxylation is 1. The van der Waals surface area contributed by atoms with Crippen LogP contribution in [0.1, 0.15) is 53.5 Å². The van der Waals surface area contributed by atoms with Gasteiger partial charge in [-0.05, 0) is 25.0 Å². The highest BCUT2D eigenvalue weighted by atomic mass is 15.1. The van der Waals surface area contributed by atoms with Crippen LogP contribution < -0.4 is 4.90 Å². The first-order chi connectivity index (χ1) is 8.21. The Morgan fingerprint density at radius 2 is 1.41 bits per heavy atom. The Labute approximate surface area is 109 Å². The second-order valence-corrected chi connectivity index (χ2v) is 3.70. The third-order valence-electron chi connectivity index (χ3n) is 2.26. The van der Waals surface area contributed by atoms with Crippen LogP contribution in [-0.2, 0) is 6.42 Å². The van der Waals surface area contributed by atoms with Crippen LogP contribution in [0.25, 0.3) is 0 Å². The highest BCUT2D eigenvalue weighted by molar-refractivity contribution is 5.52. The van der Waals surface area contributed by atoms with E-state index in [0.717, 1.165) is 13.0 Å². The van der Waals surface area contributed by atoms with Gasteiger partial charge in [0, 0.05) is 19.3 Å². The van der Waals surface area contributed by atoms with Gasteiger partial charge in [-0.1, -0.05) is 59.2 Å². The molecular formula is C16H31N. The Morgan fingerprint density at radius 3 is 1.82 bits per heavy atom. The lowest BCUT2D eigenvalue weighted by Crippen LogP contribution is -2.17. The maximum atomic E-state index is 2.28. The molecule has 1 nitrogen and oxygen atoms in total. The van der Waals surface area contributed by atoms with Gasteiger partial charge >= 0.3 is 0 Å². The van der Waals surface area contributed by atoms with Gasteiger partial charge in [0.15, 0.2) is 0 Å². The van der Waals surface area contributed by atoms with Gasteiger partial charge in [-0.3, -0.25) is 0 Å². The summed E-state index contributed by atoms with van der Waals surface area (Å²) in [7, 11) is 2.13. The van der Waals surface area contributed by atoms with Crippen LogP contribution >= 0.6 is 0 Å². The van der Waals surface area contributed by atoms with Crippen molar-refractivity contribution in [3.05, 3.63) is 29.8 Å². The molecule has 0 aliphatic carbocycles. The molecule has 1 aromatic rings. The van der Waals surface area contributed by atoms with E-state index in [1.807, 2.05) is 13.8 Å². The second-order valence-electron chi connectivity index (χ2n) is 3.70. The van der Waals surface area contributed by atoms with Crippen molar-refractivity contribution < 1.29 is 0 Å². The van der Waals surface area contributed by atoms with Crippen molar-refractivity contribution >= 4 is 5.69 Å². The predicted molar refractivity (Wildman–Crippen MR) is 82.1 cm³/mol. The predicted octanol–water partition coefficient (Wildman–Crippen LogP) is 5.15. The van der Waals surface area contributed by atoms with Gasteiger partial charge in [-0.25, -0.2) is 0 Å². The van der Waals surface area contributed by atoms with E-state index < -0.39 is 0 Å². The van der Waals surface area contributed by atoms with Crippen LogP contribution in [0, 0.1) is 0 Å². The van der Waals surface area contributed by atoms with Crippen LogP contribution in [0.5, 0.6) is 0 Å². The summed E-state index contributed by atoms with van der Waals surface area (Å²) in [5, 5.41) is 0. The molecule has 0 saturated heterocycles. The highest BCUT2D eigenvalue weighted by Gasteiger charge is 2.01. The summed E-state index contributed by atoms with van der Waals surface area (Å²) in [6.07, 6.45) is 2.36. The van der Waals surface area contributed by atoms with Crippen molar-refractivity contribution in [2.24, 2.45) is 0 Å². The van der Waals surface area contributed by atoms with Crippen LogP contribution in [-0.4, -0.2) is 13.6 Å². The number of nitrogens with zero attached hydrogens (tertiary/aromatic N) is 1. The molecule has 0 aliphatic heterocycles. The Bertz CT molecular complexity index is 255. The molecular weight excluding hydrogens is 206 g/mol. The molecule has 0 aliphatic rings. The van der Waals surface area contributed by atoms with Gasteiger partial charge in [-0.15, -0.1) is 0 Å². The first-order valence-electron chi connectivity index (χ1n) is 7.00. The van der Waals surface area contributed by atoms with Gasteiger partial charge in [0.1, 0.15) is 0 Å². The van der Waals surface area contributed by atoms with Gasteiger partial charge in [0.25, 0.3) is 0 Å². The van der Waals surface area contributed by atoms with E-state index in [1.165, 1.54) is 17.7 Å². The lowest BCUT2D eigenvalue weighted by Gasteiger charge is -2.19. The van der Waals surface area contributed by atoms with Crippen molar-refractivity contribution in [3.63, 3.8) is 0 Å². The fourth-order valence-electron chi connectivity index (χ4n) is 1.35. The Morgan fingerprint density at radius 1 is 0.941 bits per heavy atom. The zero-order valence-corrected chi connectivity index (χ0v) is 12.9. The summed E-state index contributed by atoms with van der Waals surface area (Å²) in [6.45, 7) is 13.7. The van der Waals surface area contributed by atoms with Crippen LogP contribution in [0.4, 0.5) is 5.69 Å². The molecule has 0 heterocycles. The largest absolute Gasteiger partial charge is 0.375 e. The average molecular weight is 237 g/mol. The SMILES string of the molecule is CC.CCC.CCc1ccccc1N(C)CC. The maximum absolute atomic E-state index is 2.28. The van der Waals surface area contributed by atoms with Crippen molar-refractivity contribution in [1.29, 1.82) is 0 Å². The Kier molecular flexibility index (Phi) is 14.2. The maximum Gasteiger partial charge on any atom is 0.0395 e. The molecule has 0 atom stereocenters. The molecule has 0 bridgehead atoms. The van der Waals surface area contributed by atoms with Crippen molar-refractivity contribution in [2.75, 3.05) is 18.5 Å². The summed E-state index contributed by atoms with van der Waals surface area (Å²) < 4.78 is 0. The second kappa shape index (κ2) is 13.1. The summed E-state index contributed by atoms with van der Waals surface area (Å²) in [5.41, 5.74) is 2.80. The normalized spacial score (nSPS) is 8.41. The number of rotatable bonds is 3. The number of benzene rings is 1. The summed E-state index contributed by atoms with van der Waals surface area (Å²) >= 11 is 0. The van der Waals surface area contributed by atoms with E-state index in [9.17, 15) is 0 Å². The summed E-state index contributed by atoms with van der Waals surface area (Å²) in [4.78, 5) is 2.28. The minimum Gasteiger partial charge on any atom is -0.375 e. The number of para-hydroxylation sites is 1. The highest BCUT2D eigenvalue weighted by Crippen LogP contribution is 2.18. The molecule has 100 valence electrons. The molecule has 0 radical (unpaired) electrons. The fraction of sp³-hybridized carbons (Fsp3) is 0.625. The molecule has 0 amide bonds. The lowest BCUT2D eigenvalue weighted by atomic mass is 10.1. The van der Waals surface area contributed by atoms with Crippen molar-refractivity contribution in [1.82, 2.24) is 0 Å². The van der Waals surface area contributed by atoms with E-state index in [2.05, 4.69) is 63.9 Å². The van der Waals surface area contributed by atoms with Gasteiger partial charge in [0.05, 0.1) is 0 Å². The Balaban J connectivity index is 0. The third-order valence-corrected chi connectivity index (χ3v) is 2.26. The molecule has 17 heavy (non-hydrogen) atoms. The molecule has 1 rings (SSSR count). The van der Waals surface area contributed by atoms with E-state index >= 15 is 0 Å². The van der Waals surface area contributed by atoms with Crippen molar-refractivity contribution in [2.45, 2.75) is 54.4 Å². The standard InChI is InChI=1S/C11H17N.C3H8.C2H6/c1-4-10-8-6-7-9-11(10)12(3)5-2;1-3-2;1-2/h6-9H,4-5H2,1-3H3;3H2,1-2H3;1-2H3. The van der Waals surface area contributed by atoms with E-state index in [-0.39, 0.29) is 0 Å². The van der Waals surface area contributed by atoms with E-state index in [1.54, 1.807) is 0 Å². The monoisotopic (exact) mass is 237 g/mol. The molecule has 0 N–H and O–H groups in total. The smallest absolute Gasteiger partial charge is 0.0395 e. The first-order valence-corrected chi connectivity index (χ1v) is 7.00. The Hall–Kier alpha value is -0.980. The topological polar surface area (TPSA) is 3.24 Å². The molecule has 0 unspecified atom stereocenters. The lowest BCUT2D eigenvalue weighted by molar-refractivity contribution is 0.948.